The number of rotatable bonds is 8. The minimum Gasteiger partial charge on any atom is -0.497 e. The second kappa shape index (κ2) is 8.52. The minimum atomic E-state index is -0.712. The van der Waals surface area contributed by atoms with Crippen LogP contribution in [0.3, 0.4) is 0 Å². The van der Waals surface area contributed by atoms with Gasteiger partial charge in [0.05, 0.1) is 13.2 Å². The van der Waals surface area contributed by atoms with Crippen LogP contribution < -0.4 is 10.1 Å². The van der Waals surface area contributed by atoms with E-state index < -0.39 is 12.1 Å². The number of carbonyl (C=O) groups is 2. The lowest BCUT2D eigenvalue weighted by Crippen LogP contribution is -2.58. The smallest absolute Gasteiger partial charge is 0.252 e. The van der Waals surface area contributed by atoms with Crippen molar-refractivity contribution in [1.82, 2.24) is 10.2 Å². The maximum atomic E-state index is 13.3. The van der Waals surface area contributed by atoms with Crippen molar-refractivity contribution in [3.63, 3.8) is 0 Å². The highest BCUT2D eigenvalue weighted by Crippen LogP contribution is 2.40. The summed E-state index contributed by atoms with van der Waals surface area (Å²) in [6, 6.07) is 7.36. The van der Waals surface area contributed by atoms with Crippen molar-refractivity contribution < 1.29 is 19.1 Å². The molecule has 1 aliphatic carbocycles. The van der Waals surface area contributed by atoms with Crippen molar-refractivity contribution in [2.45, 2.75) is 76.6 Å². The second-order valence-electron chi connectivity index (χ2n) is 7.81. The summed E-state index contributed by atoms with van der Waals surface area (Å²) in [7, 11) is 1.62. The first-order valence-electron chi connectivity index (χ1n) is 10.4. The normalized spacial score (nSPS) is 22.9. The molecule has 154 valence electrons. The van der Waals surface area contributed by atoms with Gasteiger partial charge in [0.25, 0.3) is 5.91 Å². The van der Waals surface area contributed by atoms with Gasteiger partial charge in [-0.05, 0) is 49.8 Å². The Labute approximate surface area is 167 Å². The molecule has 0 spiro atoms. The zero-order valence-electron chi connectivity index (χ0n) is 17.4. The number of amides is 2. The van der Waals surface area contributed by atoms with Gasteiger partial charge in [0.1, 0.15) is 12.4 Å². The Morgan fingerprint density at radius 2 is 1.79 bits per heavy atom. The Bertz CT molecular complexity index is 687. The molecule has 2 fully saturated rings. The molecule has 0 radical (unpaired) electrons. The summed E-state index contributed by atoms with van der Waals surface area (Å²) in [5.41, 5.74) is 0.660. The van der Waals surface area contributed by atoms with Crippen LogP contribution in [0.5, 0.6) is 5.75 Å². The van der Waals surface area contributed by atoms with Crippen molar-refractivity contribution in [2.75, 3.05) is 13.7 Å². The highest BCUT2D eigenvalue weighted by atomic mass is 16.5. The summed E-state index contributed by atoms with van der Waals surface area (Å²) in [6.45, 7) is 6.24. The summed E-state index contributed by atoms with van der Waals surface area (Å²) in [5.74, 6) is 0.567. The standard InChI is InChI=1S/C22H32N2O4/c1-5-22(6-2,7-3)23-21(26)20-19(15-8-12-17(27-4)13-9-15)24(16-10-11-16)18(25)14-28-20/h8-9,12-13,16,19-20H,5-7,10-11,14H2,1-4H3,(H,23,26)/t19-,20+/m1/s1. The topological polar surface area (TPSA) is 67.9 Å². The van der Waals surface area contributed by atoms with Crippen LogP contribution in [-0.2, 0) is 14.3 Å². The van der Waals surface area contributed by atoms with Crippen LogP contribution in [0.15, 0.2) is 24.3 Å². The molecule has 1 aliphatic heterocycles. The fourth-order valence-electron chi connectivity index (χ4n) is 4.11. The summed E-state index contributed by atoms with van der Waals surface area (Å²) in [4.78, 5) is 27.8. The highest BCUT2D eigenvalue weighted by molar-refractivity contribution is 5.87. The number of ether oxygens (including phenoxy) is 2. The summed E-state index contributed by atoms with van der Waals surface area (Å²) in [6.07, 6.45) is 3.83. The van der Waals surface area contributed by atoms with Crippen LogP contribution in [0.2, 0.25) is 0 Å². The Morgan fingerprint density at radius 3 is 2.29 bits per heavy atom. The molecule has 1 heterocycles. The van der Waals surface area contributed by atoms with Gasteiger partial charge in [0, 0.05) is 11.6 Å². The molecular weight excluding hydrogens is 356 g/mol. The number of methoxy groups -OCH3 is 1. The molecule has 1 saturated carbocycles. The Balaban J connectivity index is 1.92. The van der Waals surface area contributed by atoms with E-state index in [0.717, 1.165) is 43.4 Å². The molecule has 28 heavy (non-hydrogen) atoms. The molecule has 3 rings (SSSR count). The Hall–Kier alpha value is -2.08. The third-order valence-corrected chi connectivity index (χ3v) is 6.34. The maximum Gasteiger partial charge on any atom is 0.252 e. The predicted molar refractivity (Wildman–Crippen MR) is 107 cm³/mol. The fraction of sp³-hybridized carbons (Fsp3) is 0.636. The number of nitrogens with one attached hydrogen (secondary N) is 1. The van der Waals surface area contributed by atoms with E-state index in [1.54, 1.807) is 7.11 Å². The van der Waals surface area contributed by atoms with E-state index in [1.165, 1.54) is 0 Å². The minimum absolute atomic E-state index is 0.0416. The van der Waals surface area contributed by atoms with Gasteiger partial charge in [0.15, 0.2) is 6.10 Å². The number of hydrogen-bond donors (Lipinski definition) is 1. The SMILES string of the molecule is CCC(CC)(CC)NC(=O)[C@H]1OCC(=O)N(C2CC2)[C@@H]1c1ccc(OC)cc1. The van der Waals surface area contributed by atoms with Crippen molar-refractivity contribution in [2.24, 2.45) is 0 Å². The number of nitrogens with zero attached hydrogens (tertiary/aromatic N) is 1. The van der Waals surface area contributed by atoms with Gasteiger partial charge in [-0.2, -0.15) is 0 Å². The van der Waals surface area contributed by atoms with E-state index in [2.05, 4.69) is 26.1 Å². The number of benzene rings is 1. The van der Waals surface area contributed by atoms with E-state index in [0.29, 0.717) is 0 Å². The molecule has 0 bridgehead atoms. The first-order chi connectivity index (χ1) is 13.5. The van der Waals surface area contributed by atoms with Gasteiger partial charge >= 0.3 is 0 Å². The third kappa shape index (κ3) is 4.02. The van der Waals surface area contributed by atoms with Crippen molar-refractivity contribution in [3.8, 4) is 5.75 Å². The van der Waals surface area contributed by atoms with Crippen molar-refractivity contribution in [1.29, 1.82) is 0 Å². The number of hydrogen-bond acceptors (Lipinski definition) is 4. The van der Waals surface area contributed by atoms with E-state index in [9.17, 15) is 9.59 Å². The zero-order valence-corrected chi connectivity index (χ0v) is 17.4. The zero-order chi connectivity index (χ0) is 20.3. The van der Waals surface area contributed by atoms with Gasteiger partial charge in [-0.3, -0.25) is 9.59 Å². The van der Waals surface area contributed by atoms with E-state index in [1.807, 2.05) is 29.2 Å². The summed E-state index contributed by atoms with van der Waals surface area (Å²) >= 11 is 0. The first kappa shape index (κ1) is 20.6. The molecule has 1 aromatic carbocycles. The van der Waals surface area contributed by atoms with Crippen molar-refractivity contribution >= 4 is 11.8 Å². The third-order valence-electron chi connectivity index (χ3n) is 6.34. The van der Waals surface area contributed by atoms with Crippen LogP contribution in [0, 0.1) is 0 Å². The van der Waals surface area contributed by atoms with Gasteiger partial charge in [-0.1, -0.05) is 32.9 Å². The number of carbonyl (C=O) groups excluding carboxylic acids is 2. The van der Waals surface area contributed by atoms with E-state index in [-0.39, 0.29) is 30.0 Å². The molecule has 6 nitrogen and oxygen atoms in total. The van der Waals surface area contributed by atoms with Crippen LogP contribution >= 0.6 is 0 Å². The lowest BCUT2D eigenvalue weighted by molar-refractivity contribution is -0.166. The second-order valence-corrected chi connectivity index (χ2v) is 7.81. The van der Waals surface area contributed by atoms with Crippen LogP contribution in [0.1, 0.15) is 64.5 Å². The lowest BCUT2D eigenvalue weighted by Gasteiger charge is -2.42. The van der Waals surface area contributed by atoms with Gasteiger partial charge in [-0.15, -0.1) is 0 Å². The van der Waals surface area contributed by atoms with Crippen LogP contribution in [0.4, 0.5) is 0 Å². The largest absolute Gasteiger partial charge is 0.497 e. The van der Waals surface area contributed by atoms with Crippen LogP contribution in [0.25, 0.3) is 0 Å². The molecular formula is C22H32N2O4. The Kier molecular flexibility index (Phi) is 6.28. The molecule has 6 heteroatoms. The Morgan fingerprint density at radius 1 is 1.18 bits per heavy atom. The average molecular weight is 389 g/mol. The summed E-state index contributed by atoms with van der Waals surface area (Å²) in [5, 5.41) is 3.24. The first-order valence-corrected chi connectivity index (χ1v) is 10.4. The van der Waals surface area contributed by atoms with Gasteiger partial charge in [-0.25, -0.2) is 0 Å². The molecule has 1 saturated heterocycles. The molecule has 1 aromatic rings. The fourth-order valence-corrected chi connectivity index (χ4v) is 4.11. The molecule has 2 aliphatic rings. The lowest BCUT2D eigenvalue weighted by atomic mass is 9.88. The molecule has 0 aromatic heterocycles. The van der Waals surface area contributed by atoms with Crippen LogP contribution in [-0.4, -0.2) is 48.1 Å². The predicted octanol–water partition coefficient (Wildman–Crippen LogP) is 3.21. The molecule has 1 N–H and O–H groups in total. The van der Waals surface area contributed by atoms with E-state index >= 15 is 0 Å². The highest BCUT2D eigenvalue weighted by Gasteiger charge is 2.48. The molecule has 2 amide bonds. The number of morpholine rings is 1. The maximum absolute atomic E-state index is 13.3. The summed E-state index contributed by atoms with van der Waals surface area (Å²) < 4.78 is 11.1. The van der Waals surface area contributed by atoms with Crippen molar-refractivity contribution in [3.05, 3.63) is 29.8 Å². The monoisotopic (exact) mass is 388 g/mol. The molecule has 2 atom stereocenters. The van der Waals surface area contributed by atoms with Gasteiger partial charge in [0.2, 0.25) is 5.91 Å². The van der Waals surface area contributed by atoms with Gasteiger partial charge < -0.3 is 19.7 Å². The quantitative estimate of drug-likeness (QED) is 0.743. The molecule has 0 unspecified atom stereocenters. The van der Waals surface area contributed by atoms with E-state index in [4.69, 9.17) is 9.47 Å². The average Bonchev–Trinajstić information content (AvgIpc) is 3.57.